The average molecular weight is 317 g/mol. The Morgan fingerprint density at radius 1 is 1.35 bits per heavy atom. The molecule has 1 aliphatic carbocycles. The van der Waals surface area contributed by atoms with E-state index in [2.05, 4.69) is 12.0 Å². The van der Waals surface area contributed by atoms with E-state index in [-0.39, 0.29) is 0 Å². The first kappa shape index (κ1) is 15.8. The van der Waals surface area contributed by atoms with E-state index in [1.807, 2.05) is 4.68 Å². The summed E-state index contributed by atoms with van der Waals surface area (Å²) in [5.41, 5.74) is 2.38. The summed E-state index contributed by atoms with van der Waals surface area (Å²) in [6.07, 6.45) is 8.91. The van der Waals surface area contributed by atoms with Crippen molar-refractivity contribution in [3.8, 4) is 0 Å². The molecule has 0 atom stereocenters. The molecule has 2 rings (SSSR count). The first-order valence-electron chi connectivity index (χ1n) is 7.55. The number of halogens is 2. The van der Waals surface area contributed by atoms with Crippen molar-refractivity contribution in [1.82, 2.24) is 9.78 Å². The molecule has 112 valence electrons. The summed E-state index contributed by atoms with van der Waals surface area (Å²) in [5, 5.41) is 4.05. The second kappa shape index (κ2) is 7.46. The van der Waals surface area contributed by atoms with Gasteiger partial charge in [-0.15, -0.1) is 11.6 Å². The molecule has 0 N–H and O–H groups in total. The van der Waals surface area contributed by atoms with Crippen molar-refractivity contribution in [2.45, 2.75) is 70.2 Å². The summed E-state index contributed by atoms with van der Waals surface area (Å²) < 4.78 is 1.99. The minimum Gasteiger partial charge on any atom is -0.274 e. The van der Waals surface area contributed by atoms with Crippen molar-refractivity contribution >= 4 is 28.4 Å². The summed E-state index contributed by atoms with van der Waals surface area (Å²) in [5.74, 6) is 0.396. The summed E-state index contributed by atoms with van der Waals surface area (Å²) in [6, 6.07) is 0.377. The standard InChI is InChI=1S/C15H22Cl2N2O/c1-2-3-9-12-13(10-16)19(18-14(12)15(17)20)11-7-5-4-6-8-11/h11H,2-10H2,1H3. The van der Waals surface area contributed by atoms with E-state index in [9.17, 15) is 4.79 Å². The normalized spacial score (nSPS) is 16.6. The van der Waals surface area contributed by atoms with Crippen molar-refractivity contribution in [2.24, 2.45) is 0 Å². The van der Waals surface area contributed by atoms with Crippen molar-refractivity contribution in [3.05, 3.63) is 17.0 Å². The molecule has 0 amide bonds. The molecular weight excluding hydrogens is 295 g/mol. The van der Waals surface area contributed by atoms with Gasteiger partial charge in [0.05, 0.1) is 17.6 Å². The topological polar surface area (TPSA) is 34.9 Å². The second-order valence-electron chi connectivity index (χ2n) is 5.52. The van der Waals surface area contributed by atoms with Crippen molar-refractivity contribution in [3.63, 3.8) is 0 Å². The van der Waals surface area contributed by atoms with Gasteiger partial charge in [-0.05, 0) is 37.3 Å². The minimum absolute atomic E-state index is 0.377. The highest BCUT2D eigenvalue weighted by Gasteiger charge is 2.25. The van der Waals surface area contributed by atoms with Gasteiger partial charge in [0, 0.05) is 5.56 Å². The SMILES string of the molecule is CCCCc1c(C(=O)Cl)nn(C2CCCCC2)c1CCl. The Balaban J connectivity index is 2.37. The monoisotopic (exact) mass is 316 g/mol. The Morgan fingerprint density at radius 2 is 2.05 bits per heavy atom. The Kier molecular flexibility index (Phi) is 5.91. The molecule has 1 aromatic rings. The molecule has 0 saturated heterocycles. The van der Waals surface area contributed by atoms with Crippen LogP contribution in [0.4, 0.5) is 0 Å². The highest BCUT2D eigenvalue weighted by atomic mass is 35.5. The summed E-state index contributed by atoms with van der Waals surface area (Å²) >= 11 is 11.8. The van der Waals surface area contributed by atoms with Crippen LogP contribution in [0.5, 0.6) is 0 Å². The number of carbonyl (C=O) groups is 1. The van der Waals surface area contributed by atoms with Crippen LogP contribution in [-0.2, 0) is 12.3 Å². The first-order chi connectivity index (χ1) is 9.69. The number of alkyl halides is 1. The molecule has 20 heavy (non-hydrogen) atoms. The van der Waals surface area contributed by atoms with E-state index in [1.54, 1.807) is 0 Å². The fraction of sp³-hybridized carbons (Fsp3) is 0.733. The number of hydrogen-bond donors (Lipinski definition) is 0. The maximum atomic E-state index is 11.6. The predicted octanol–water partition coefficient (Wildman–Crippen LogP) is 4.85. The van der Waals surface area contributed by atoms with Gasteiger partial charge in [-0.1, -0.05) is 32.6 Å². The minimum atomic E-state index is -0.461. The third-order valence-electron chi connectivity index (χ3n) is 4.13. The Morgan fingerprint density at radius 3 is 2.60 bits per heavy atom. The third kappa shape index (κ3) is 3.37. The molecular formula is C15H22Cl2N2O. The summed E-state index contributed by atoms with van der Waals surface area (Å²) in [7, 11) is 0. The molecule has 0 aromatic carbocycles. The fourth-order valence-electron chi connectivity index (χ4n) is 3.05. The van der Waals surface area contributed by atoms with Crippen LogP contribution in [0.2, 0.25) is 0 Å². The van der Waals surface area contributed by atoms with Crippen molar-refractivity contribution in [2.75, 3.05) is 0 Å². The van der Waals surface area contributed by atoms with E-state index >= 15 is 0 Å². The molecule has 0 bridgehead atoms. The number of hydrogen-bond acceptors (Lipinski definition) is 2. The fourth-order valence-corrected chi connectivity index (χ4v) is 3.48. The van der Waals surface area contributed by atoms with Gasteiger partial charge >= 0.3 is 0 Å². The molecule has 1 heterocycles. The Bertz CT molecular complexity index is 465. The van der Waals surface area contributed by atoms with Gasteiger partial charge in [0.1, 0.15) is 5.69 Å². The Hall–Kier alpha value is -0.540. The first-order valence-corrected chi connectivity index (χ1v) is 8.46. The molecule has 5 heteroatoms. The lowest BCUT2D eigenvalue weighted by atomic mass is 9.95. The molecule has 1 fully saturated rings. The molecule has 1 aromatic heterocycles. The van der Waals surface area contributed by atoms with Crippen LogP contribution in [0.3, 0.4) is 0 Å². The molecule has 3 nitrogen and oxygen atoms in total. The lowest BCUT2D eigenvalue weighted by Crippen LogP contribution is -2.16. The van der Waals surface area contributed by atoms with Gasteiger partial charge in [-0.25, -0.2) is 0 Å². The van der Waals surface area contributed by atoms with Crippen LogP contribution < -0.4 is 0 Å². The number of aromatic nitrogens is 2. The summed E-state index contributed by atoms with van der Waals surface area (Å²) in [4.78, 5) is 11.6. The van der Waals surface area contributed by atoms with E-state index in [4.69, 9.17) is 23.2 Å². The molecule has 0 radical (unpaired) electrons. The van der Waals surface area contributed by atoms with Gasteiger partial charge in [0.25, 0.3) is 5.24 Å². The van der Waals surface area contributed by atoms with Crippen LogP contribution in [0.1, 0.15) is 79.7 Å². The third-order valence-corrected chi connectivity index (χ3v) is 4.56. The predicted molar refractivity (Wildman–Crippen MR) is 82.7 cm³/mol. The molecule has 0 spiro atoms. The van der Waals surface area contributed by atoms with Gasteiger partial charge in [0.15, 0.2) is 0 Å². The van der Waals surface area contributed by atoms with Gasteiger partial charge in [-0.2, -0.15) is 5.10 Å². The highest BCUT2D eigenvalue weighted by Crippen LogP contribution is 2.32. The molecule has 1 aliphatic rings. The highest BCUT2D eigenvalue weighted by molar-refractivity contribution is 6.67. The quantitative estimate of drug-likeness (QED) is 0.555. The lowest BCUT2D eigenvalue weighted by Gasteiger charge is -2.23. The molecule has 0 aliphatic heterocycles. The smallest absolute Gasteiger partial charge is 0.273 e. The van der Waals surface area contributed by atoms with Crippen LogP contribution >= 0.6 is 23.2 Å². The number of nitrogens with zero attached hydrogens (tertiary/aromatic N) is 2. The average Bonchev–Trinajstić information content (AvgIpc) is 2.84. The number of unbranched alkanes of at least 4 members (excludes halogenated alkanes) is 1. The van der Waals surface area contributed by atoms with E-state index < -0.39 is 5.24 Å². The number of carbonyl (C=O) groups excluding carboxylic acids is 1. The zero-order valence-corrected chi connectivity index (χ0v) is 13.5. The number of rotatable bonds is 6. The van der Waals surface area contributed by atoms with Gasteiger partial charge in [-0.3, -0.25) is 9.48 Å². The van der Waals surface area contributed by atoms with Crippen molar-refractivity contribution < 1.29 is 4.79 Å². The van der Waals surface area contributed by atoms with Crippen LogP contribution in [0.15, 0.2) is 0 Å². The molecule has 1 saturated carbocycles. The van der Waals surface area contributed by atoms with Crippen molar-refractivity contribution in [1.29, 1.82) is 0 Å². The van der Waals surface area contributed by atoms with E-state index in [0.29, 0.717) is 17.6 Å². The zero-order chi connectivity index (χ0) is 14.5. The van der Waals surface area contributed by atoms with Crippen LogP contribution in [0, 0.1) is 0 Å². The maximum Gasteiger partial charge on any atom is 0.273 e. The maximum absolute atomic E-state index is 11.6. The van der Waals surface area contributed by atoms with Crippen LogP contribution in [-0.4, -0.2) is 15.0 Å². The van der Waals surface area contributed by atoms with E-state index in [0.717, 1.165) is 43.4 Å². The van der Waals surface area contributed by atoms with Crippen LogP contribution in [0.25, 0.3) is 0 Å². The summed E-state index contributed by atoms with van der Waals surface area (Å²) in [6.45, 7) is 2.13. The molecule has 0 unspecified atom stereocenters. The largest absolute Gasteiger partial charge is 0.274 e. The Labute approximate surface area is 130 Å². The lowest BCUT2D eigenvalue weighted by molar-refractivity contribution is 0.107. The van der Waals surface area contributed by atoms with Gasteiger partial charge in [0.2, 0.25) is 0 Å². The van der Waals surface area contributed by atoms with E-state index in [1.165, 1.54) is 19.3 Å². The van der Waals surface area contributed by atoms with Gasteiger partial charge < -0.3 is 0 Å². The second-order valence-corrected chi connectivity index (χ2v) is 6.13. The zero-order valence-electron chi connectivity index (χ0n) is 12.0.